The average Bonchev–Trinajstić information content (AvgIpc) is 2.65. The van der Waals surface area contributed by atoms with Crippen LogP contribution in [0, 0.1) is 17.7 Å². The first-order valence-electron chi connectivity index (χ1n) is 4.41. The van der Waals surface area contributed by atoms with E-state index in [0.717, 1.165) is 23.2 Å². The van der Waals surface area contributed by atoms with Crippen LogP contribution < -0.4 is 5.49 Å². The summed E-state index contributed by atoms with van der Waals surface area (Å²) < 4.78 is 6.26. The lowest BCUT2D eigenvalue weighted by molar-refractivity contribution is 0.415. The van der Waals surface area contributed by atoms with Crippen molar-refractivity contribution in [2.45, 2.75) is 6.92 Å². The number of nitrogens with zero attached hydrogens (tertiary/aromatic N) is 2. The van der Waals surface area contributed by atoms with Crippen molar-refractivity contribution in [1.29, 1.82) is 10.8 Å². The fourth-order valence-electron chi connectivity index (χ4n) is 1.35. The predicted octanol–water partition coefficient (Wildman–Crippen LogP) is 1.39. The van der Waals surface area contributed by atoms with Crippen molar-refractivity contribution in [2.75, 3.05) is 0 Å². The standard InChI is InChI=1S/C10H10N4O/c1-7-9(5-15-13-7)8-2-3-10(12)14(4-8)6-11/h2-6,11-12H,1H3. The van der Waals surface area contributed by atoms with Crippen LogP contribution in [0.25, 0.3) is 11.1 Å². The zero-order valence-corrected chi connectivity index (χ0v) is 8.19. The molecule has 0 aliphatic carbocycles. The topological polar surface area (TPSA) is 78.7 Å². The summed E-state index contributed by atoms with van der Waals surface area (Å²) in [5.74, 6) is 0. The summed E-state index contributed by atoms with van der Waals surface area (Å²) in [5.41, 5.74) is 2.82. The van der Waals surface area contributed by atoms with Gasteiger partial charge in [0.15, 0.2) is 0 Å². The number of hydrogen-bond donors (Lipinski definition) is 2. The Morgan fingerprint density at radius 3 is 2.87 bits per heavy atom. The minimum absolute atomic E-state index is 0.267. The van der Waals surface area contributed by atoms with Crippen molar-refractivity contribution in [2.24, 2.45) is 0 Å². The molecule has 0 bridgehead atoms. The molecular weight excluding hydrogens is 192 g/mol. The van der Waals surface area contributed by atoms with Gasteiger partial charge >= 0.3 is 0 Å². The number of hydrogen-bond acceptors (Lipinski definition) is 4. The molecule has 76 valence electrons. The lowest BCUT2D eigenvalue weighted by Crippen LogP contribution is -2.17. The van der Waals surface area contributed by atoms with Gasteiger partial charge in [0, 0.05) is 17.3 Å². The molecular formula is C10H10N4O. The molecule has 2 rings (SSSR count). The largest absolute Gasteiger partial charge is 0.364 e. The molecule has 15 heavy (non-hydrogen) atoms. The van der Waals surface area contributed by atoms with Gasteiger partial charge in [0.05, 0.1) is 12.0 Å². The fraction of sp³-hybridized carbons (Fsp3) is 0.100. The summed E-state index contributed by atoms with van der Waals surface area (Å²) >= 11 is 0. The summed E-state index contributed by atoms with van der Waals surface area (Å²) in [7, 11) is 0. The molecule has 5 nitrogen and oxygen atoms in total. The molecule has 0 saturated heterocycles. The van der Waals surface area contributed by atoms with E-state index < -0.39 is 0 Å². The molecule has 0 radical (unpaired) electrons. The van der Waals surface area contributed by atoms with Gasteiger partial charge in [0.1, 0.15) is 11.8 Å². The molecule has 0 aliphatic heterocycles. The first kappa shape index (κ1) is 9.39. The van der Waals surface area contributed by atoms with Crippen LogP contribution in [0.4, 0.5) is 0 Å². The van der Waals surface area contributed by atoms with Crippen LogP contribution in [0.5, 0.6) is 0 Å². The van der Waals surface area contributed by atoms with Gasteiger partial charge in [0.25, 0.3) is 0 Å². The minimum Gasteiger partial charge on any atom is -0.364 e. The van der Waals surface area contributed by atoms with E-state index in [9.17, 15) is 0 Å². The highest BCUT2D eigenvalue weighted by Crippen LogP contribution is 2.20. The Balaban J connectivity index is 2.60. The average molecular weight is 202 g/mol. The van der Waals surface area contributed by atoms with Crippen molar-refractivity contribution in [3.8, 4) is 11.1 Å². The van der Waals surface area contributed by atoms with Crippen LogP contribution >= 0.6 is 0 Å². The first-order chi connectivity index (χ1) is 7.22. The van der Waals surface area contributed by atoms with Crippen molar-refractivity contribution < 1.29 is 4.52 Å². The smallest absolute Gasteiger partial charge is 0.131 e. The van der Waals surface area contributed by atoms with Crippen molar-refractivity contribution in [3.05, 3.63) is 35.8 Å². The van der Waals surface area contributed by atoms with Gasteiger partial charge in [-0.15, -0.1) is 0 Å². The maximum absolute atomic E-state index is 7.52. The maximum atomic E-state index is 7.52. The maximum Gasteiger partial charge on any atom is 0.131 e. The highest BCUT2D eigenvalue weighted by molar-refractivity contribution is 5.66. The Morgan fingerprint density at radius 1 is 1.47 bits per heavy atom. The Morgan fingerprint density at radius 2 is 2.27 bits per heavy atom. The molecule has 2 heterocycles. The quantitative estimate of drug-likeness (QED) is 0.570. The van der Waals surface area contributed by atoms with Crippen LogP contribution in [0.2, 0.25) is 0 Å². The molecule has 0 unspecified atom stereocenters. The van der Waals surface area contributed by atoms with Gasteiger partial charge in [0.2, 0.25) is 0 Å². The lowest BCUT2D eigenvalue weighted by atomic mass is 10.1. The second-order valence-corrected chi connectivity index (χ2v) is 3.15. The van der Waals surface area contributed by atoms with Gasteiger partial charge in [-0.25, -0.2) is 0 Å². The van der Waals surface area contributed by atoms with Gasteiger partial charge in [-0.2, -0.15) is 0 Å². The normalized spacial score (nSPS) is 10.2. The minimum atomic E-state index is 0.267. The molecule has 0 fully saturated rings. The molecule has 0 aliphatic rings. The summed E-state index contributed by atoms with van der Waals surface area (Å²) in [5, 5.41) is 18.4. The third-order valence-electron chi connectivity index (χ3n) is 2.18. The molecule has 0 atom stereocenters. The molecule has 2 N–H and O–H groups in total. The second kappa shape index (κ2) is 3.53. The molecule has 2 aromatic rings. The summed E-state index contributed by atoms with van der Waals surface area (Å²) in [6.07, 6.45) is 4.35. The Labute approximate surface area is 86.0 Å². The molecule has 0 spiro atoms. The third-order valence-corrected chi connectivity index (χ3v) is 2.18. The molecule has 5 heteroatoms. The van der Waals surface area contributed by atoms with E-state index in [-0.39, 0.29) is 5.49 Å². The van der Waals surface area contributed by atoms with Crippen LogP contribution in [-0.2, 0) is 0 Å². The van der Waals surface area contributed by atoms with Gasteiger partial charge in [-0.1, -0.05) is 5.16 Å². The van der Waals surface area contributed by atoms with E-state index in [1.54, 1.807) is 18.5 Å². The van der Waals surface area contributed by atoms with E-state index in [0.29, 0.717) is 0 Å². The highest BCUT2D eigenvalue weighted by Gasteiger charge is 2.05. The van der Waals surface area contributed by atoms with E-state index in [1.165, 1.54) is 4.57 Å². The van der Waals surface area contributed by atoms with E-state index in [4.69, 9.17) is 15.3 Å². The zero-order chi connectivity index (χ0) is 10.8. The number of rotatable bonds is 2. The number of nitrogens with one attached hydrogen (secondary N) is 2. The van der Waals surface area contributed by atoms with Crippen LogP contribution in [0.15, 0.2) is 29.1 Å². The Kier molecular flexibility index (Phi) is 2.21. The monoisotopic (exact) mass is 202 g/mol. The van der Waals surface area contributed by atoms with E-state index >= 15 is 0 Å². The highest BCUT2D eigenvalue weighted by atomic mass is 16.5. The predicted molar refractivity (Wildman–Crippen MR) is 54.7 cm³/mol. The van der Waals surface area contributed by atoms with Crippen molar-refractivity contribution in [1.82, 2.24) is 9.72 Å². The summed E-state index contributed by atoms with van der Waals surface area (Å²) in [6, 6.07) is 3.44. The van der Waals surface area contributed by atoms with Gasteiger partial charge in [-0.05, 0) is 19.1 Å². The molecule has 0 saturated carbocycles. The molecule has 0 amide bonds. The number of aryl methyl sites for hydroxylation is 1. The SMILES string of the molecule is Cc1nocc1-c1ccc(=N)n(C=N)c1. The molecule has 0 aromatic carbocycles. The van der Waals surface area contributed by atoms with E-state index in [2.05, 4.69) is 5.16 Å². The Bertz CT molecular complexity index is 553. The summed E-state index contributed by atoms with van der Waals surface area (Å²) in [6.45, 7) is 1.85. The number of pyridine rings is 1. The first-order valence-corrected chi connectivity index (χ1v) is 4.41. The van der Waals surface area contributed by atoms with Crippen LogP contribution in [0.1, 0.15) is 5.69 Å². The Hall–Kier alpha value is -2.17. The zero-order valence-electron chi connectivity index (χ0n) is 8.19. The van der Waals surface area contributed by atoms with Crippen LogP contribution in [-0.4, -0.2) is 16.1 Å². The van der Waals surface area contributed by atoms with Gasteiger partial charge < -0.3 is 4.52 Å². The lowest BCUT2D eigenvalue weighted by Gasteiger charge is -2.02. The third kappa shape index (κ3) is 1.59. The van der Waals surface area contributed by atoms with Gasteiger partial charge in [-0.3, -0.25) is 15.4 Å². The summed E-state index contributed by atoms with van der Waals surface area (Å²) in [4.78, 5) is 0. The molecule has 2 aromatic heterocycles. The van der Waals surface area contributed by atoms with Crippen molar-refractivity contribution in [3.63, 3.8) is 0 Å². The number of aromatic nitrogens is 2. The van der Waals surface area contributed by atoms with Crippen LogP contribution in [0.3, 0.4) is 0 Å². The van der Waals surface area contributed by atoms with E-state index in [1.807, 2.05) is 13.0 Å². The van der Waals surface area contributed by atoms with Crippen molar-refractivity contribution >= 4 is 6.34 Å². The second-order valence-electron chi connectivity index (χ2n) is 3.15. The fourth-order valence-corrected chi connectivity index (χ4v) is 1.35.